The van der Waals surface area contributed by atoms with Gasteiger partial charge in [-0.05, 0) is 54.8 Å². The topological polar surface area (TPSA) is 77.8 Å². The van der Waals surface area contributed by atoms with E-state index in [1.807, 2.05) is 0 Å². The summed E-state index contributed by atoms with van der Waals surface area (Å²) in [5.74, 6) is 0.800. The molecule has 0 aliphatic carbocycles. The Bertz CT molecular complexity index is 1200. The normalized spacial score (nSPS) is 15.8. The van der Waals surface area contributed by atoms with Crippen molar-refractivity contribution in [2.45, 2.75) is 19.6 Å². The minimum Gasteiger partial charge on any atom is -0.497 e. The van der Waals surface area contributed by atoms with Crippen LogP contribution in [0.15, 0.2) is 53.5 Å². The molecule has 148 valence electrons. The van der Waals surface area contributed by atoms with Crippen molar-refractivity contribution in [2.75, 3.05) is 19.1 Å². The van der Waals surface area contributed by atoms with Crippen molar-refractivity contribution in [2.24, 2.45) is 0 Å². The first-order valence-electron chi connectivity index (χ1n) is 9.17. The molecule has 0 bridgehead atoms. The highest BCUT2D eigenvalue weighted by atomic mass is 16.5. The van der Waals surface area contributed by atoms with Gasteiger partial charge in [0.2, 0.25) is 0 Å². The quantitative estimate of drug-likeness (QED) is 0.638. The van der Waals surface area contributed by atoms with Gasteiger partial charge in [-0.3, -0.25) is 14.4 Å². The highest BCUT2D eigenvalue weighted by Gasteiger charge is 2.29. The van der Waals surface area contributed by atoms with Gasteiger partial charge in [0.1, 0.15) is 11.5 Å². The Morgan fingerprint density at radius 2 is 1.93 bits per heavy atom. The van der Waals surface area contributed by atoms with Gasteiger partial charge >= 0.3 is 0 Å². The third-order valence-electron chi connectivity index (χ3n) is 5.12. The van der Waals surface area contributed by atoms with Crippen molar-refractivity contribution in [1.82, 2.24) is 4.57 Å². The lowest BCUT2D eigenvalue weighted by Crippen LogP contribution is -2.42. The average molecular weight is 392 g/mol. The number of methoxy groups -OCH3 is 1. The molecule has 1 aliphatic heterocycles. The Labute approximate surface area is 167 Å². The Morgan fingerprint density at radius 1 is 1.14 bits per heavy atom. The minimum absolute atomic E-state index is 0.103. The van der Waals surface area contributed by atoms with Crippen LogP contribution in [0.1, 0.15) is 17.3 Å². The zero-order chi connectivity index (χ0) is 20.7. The van der Waals surface area contributed by atoms with Gasteiger partial charge in [0, 0.05) is 24.2 Å². The molecular formula is C22H20N2O5. The molecule has 2 heterocycles. The minimum atomic E-state index is -0.566. The Balaban J connectivity index is 1.64. The first kappa shape index (κ1) is 18.7. The third kappa shape index (κ3) is 3.24. The molecule has 3 aromatic rings. The van der Waals surface area contributed by atoms with E-state index in [-0.39, 0.29) is 23.8 Å². The monoisotopic (exact) mass is 392 g/mol. The smallest absolute Gasteiger partial charge is 0.267 e. The van der Waals surface area contributed by atoms with E-state index < -0.39 is 6.10 Å². The number of Topliss-reactive ketones (excluding diaryl/α,β-unsaturated/α-hetero) is 1. The highest BCUT2D eigenvalue weighted by molar-refractivity contribution is 6.02. The van der Waals surface area contributed by atoms with Crippen LogP contribution in [-0.4, -0.2) is 36.5 Å². The van der Waals surface area contributed by atoms with E-state index in [1.165, 1.54) is 9.47 Å². The standard InChI is InChI=1S/C22H20N2O5/c1-13-21(26)23(2)18-11-15(4-7-20(18)29-13)19(25)12-24-9-8-14-10-16(28-3)5-6-17(14)22(24)27/h4-11,13H,12H2,1-3H3. The number of carbonyl (C=O) groups excluding carboxylic acids is 2. The van der Waals surface area contributed by atoms with Crippen molar-refractivity contribution < 1.29 is 19.1 Å². The summed E-state index contributed by atoms with van der Waals surface area (Å²) < 4.78 is 12.1. The molecule has 2 aromatic carbocycles. The number of pyridine rings is 1. The largest absolute Gasteiger partial charge is 0.497 e. The number of amides is 1. The Kier molecular flexibility index (Phi) is 4.58. The van der Waals surface area contributed by atoms with E-state index in [9.17, 15) is 14.4 Å². The number of likely N-dealkylation sites (N-methyl/N-ethyl adjacent to an activating group) is 1. The molecule has 0 saturated heterocycles. The predicted octanol–water partition coefficient (Wildman–Crippen LogP) is 2.64. The number of nitrogens with zero attached hydrogens (tertiary/aromatic N) is 2. The lowest BCUT2D eigenvalue weighted by molar-refractivity contribution is -0.125. The SMILES string of the molecule is COc1ccc2c(=O)n(CC(=O)c3ccc4c(c3)N(C)C(=O)C(C)O4)ccc2c1. The second-order valence-electron chi connectivity index (χ2n) is 6.96. The zero-order valence-electron chi connectivity index (χ0n) is 16.3. The van der Waals surface area contributed by atoms with Gasteiger partial charge in [-0.1, -0.05) is 0 Å². The second kappa shape index (κ2) is 7.09. The molecule has 4 rings (SSSR count). The summed E-state index contributed by atoms with van der Waals surface area (Å²) >= 11 is 0. The molecule has 1 aliphatic rings. The van der Waals surface area contributed by atoms with Crippen molar-refractivity contribution in [3.8, 4) is 11.5 Å². The van der Waals surface area contributed by atoms with Crippen LogP contribution in [-0.2, 0) is 11.3 Å². The number of aromatic nitrogens is 1. The summed E-state index contributed by atoms with van der Waals surface area (Å²) in [5.41, 5.74) is 0.695. The van der Waals surface area contributed by atoms with Gasteiger partial charge in [-0.25, -0.2) is 0 Å². The van der Waals surface area contributed by atoms with Gasteiger partial charge < -0.3 is 18.9 Å². The molecule has 0 fully saturated rings. The van der Waals surface area contributed by atoms with Gasteiger partial charge in [0.05, 0.1) is 19.3 Å². The van der Waals surface area contributed by atoms with Crippen molar-refractivity contribution in [3.63, 3.8) is 0 Å². The van der Waals surface area contributed by atoms with Gasteiger partial charge in [-0.2, -0.15) is 0 Å². The van der Waals surface area contributed by atoms with Crippen LogP contribution in [0.25, 0.3) is 10.8 Å². The number of carbonyl (C=O) groups is 2. The van der Waals surface area contributed by atoms with Crippen molar-refractivity contribution in [1.29, 1.82) is 0 Å². The number of benzene rings is 2. The third-order valence-corrected chi connectivity index (χ3v) is 5.12. The average Bonchev–Trinajstić information content (AvgIpc) is 2.73. The molecule has 1 atom stereocenters. The molecule has 0 N–H and O–H groups in total. The number of fused-ring (bicyclic) bond motifs is 2. The molecule has 1 amide bonds. The van der Waals surface area contributed by atoms with E-state index in [2.05, 4.69) is 0 Å². The van der Waals surface area contributed by atoms with Crippen LogP contribution in [0, 0.1) is 0 Å². The first-order chi connectivity index (χ1) is 13.9. The molecule has 0 saturated carbocycles. The van der Waals surface area contributed by atoms with E-state index in [0.29, 0.717) is 28.1 Å². The van der Waals surface area contributed by atoms with Crippen LogP contribution in [0.2, 0.25) is 0 Å². The fourth-order valence-electron chi connectivity index (χ4n) is 3.45. The van der Waals surface area contributed by atoms with Gasteiger partial charge in [0.15, 0.2) is 11.9 Å². The maximum Gasteiger partial charge on any atom is 0.267 e. The van der Waals surface area contributed by atoms with E-state index in [0.717, 1.165) is 5.39 Å². The number of ketones is 1. The summed E-state index contributed by atoms with van der Waals surface area (Å²) in [4.78, 5) is 39.2. The van der Waals surface area contributed by atoms with Crippen LogP contribution in [0.3, 0.4) is 0 Å². The molecule has 0 spiro atoms. The second-order valence-corrected chi connectivity index (χ2v) is 6.96. The van der Waals surface area contributed by atoms with E-state index in [1.54, 1.807) is 69.7 Å². The van der Waals surface area contributed by atoms with Gasteiger partial charge in [-0.15, -0.1) is 0 Å². The van der Waals surface area contributed by atoms with Crippen LogP contribution in [0.5, 0.6) is 11.5 Å². The predicted molar refractivity (Wildman–Crippen MR) is 109 cm³/mol. The number of hydrogen-bond acceptors (Lipinski definition) is 5. The van der Waals surface area contributed by atoms with E-state index >= 15 is 0 Å². The molecule has 1 aromatic heterocycles. The van der Waals surface area contributed by atoms with Crippen LogP contribution >= 0.6 is 0 Å². The Morgan fingerprint density at radius 3 is 2.69 bits per heavy atom. The molecule has 29 heavy (non-hydrogen) atoms. The summed E-state index contributed by atoms with van der Waals surface area (Å²) in [6, 6.07) is 11.9. The number of ether oxygens (including phenoxy) is 2. The number of hydrogen-bond donors (Lipinski definition) is 0. The zero-order valence-corrected chi connectivity index (χ0v) is 16.3. The summed E-state index contributed by atoms with van der Waals surface area (Å²) in [6.45, 7) is 1.58. The lowest BCUT2D eigenvalue weighted by atomic mass is 10.1. The maximum absolute atomic E-state index is 12.8. The Hall–Kier alpha value is -3.61. The van der Waals surface area contributed by atoms with Crippen molar-refractivity contribution >= 4 is 28.2 Å². The maximum atomic E-state index is 12.8. The van der Waals surface area contributed by atoms with E-state index in [4.69, 9.17) is 9.47 Å². The first-order valence-corrected chi connectivity index (χ1v) is 9.17. The summed E-state index contributed by atoms with van der Waals surface area (Å²) in [7, 11) is 3.22. The molecular weight excluding hydrogens is 372 g/mol. The van der Waals surface area contributed by atoms with Crippen molar-refractivity contribution in [3.05, 3.63) is 64.6 Å². The molecule has 7 nitrogen and oxygen atoms in total. The fourth-order valence-corrected chi connectivity index (χ4v) is 3.45. The number of rotatable bonds is 4. The molecule has 0 radical (unpaired) electrons. The summed E-state index contributed by atoms with van der Waals surface area (Å²) in [6.07, 6.45) is 1.03. The van der Waals surface area contributed by atoms with Gasteiger partial charge in [0.25, 0.3) is 11.5 Å². The van der Waals surface area contributed by atoms with Crippen LogP contribution < -0.4 is 19.9 Å². The fraction of sp³-hybridized carbons (Fsp3) is 0.227. The van der Waals surface area contributed by atoms with Crippen LogP contribution in [0.4, 0.5) is 5.69 Å². The summed E-state index contributed by atoms with van der Waals surface area (Å²) in [5, 5.41) is 1.26. The highest BCUT2D eigenvalue weighted by Crippen LogP contribution is 2.34. The molecule has 7 heteroatoms. The molecule has 1 unspecified atom stereocenters. The lowest BCUT2D eigenvalue weighted by Gasteiger charge is -2.30. The number of anilines is 1.